The third-order valence-electron chi connectivity index (χ3n) is 9.34. The van der Waals surface area contributed by atoms with Crippen LogP contribution in [-0.2, 0) is 15.8 Å². The van der Waals surface area contributed by atoms with Crippen LogP contribution in [0.3, 0.4) is 0 Å². The van der Waals surface area contributed by atoms with Gasteiger partial charge in [-0.15, -0.1) is 0 Å². The number of rotatable bonds is 10. The second-order valence-electron chi connectivity index (χ2n) is 13.3. The summed E-state index contributed by atoms with van der Waals surface area (Å²) >= 11 is 0. The van der Waals surface area contributed by atoms with Gasteiger partial charge in [0.05, 0.1) is 20.3 Å². The van der Waals surface area contributed by atoms with Crippen molar-refractivity contribution in [2.75, 3.05) is 20.3 Å². The van der Waals surface area contributed by atoms with E-state index in [1.165, 1.54) is 0 Å². The minimum absolute atomic E-state index is 0.209. The van der Waals surface area contributed by atoms with E-state index in [1.54, 1.807) is 7.11 Å². The Bertz CT molecular complexity index is 981. The van der Waals surface area contributed by atoms with Crippen LogP contribution in [0.1, 0.15) is 66.4 Å². The Morgan fingerprint density at radius 1 is 1.14 bits per heavy atom. The van der Waals surface area contributed by atoms with E-state index in [0.717, 1.165) is 24.3 Å². The number of hydrogen-bond acceptors (Lipinski definition) is 4. The molecule has 2 bridgehead atoms. The van der Waals surface area contributed by atoms with Gasteiger partial charge >= 0.3 is 0 Å². The summed E-state index contributed by atoms with van der Waals surface area (Å²) in [6, 6.07) is 7.91. The average molecular weight is 527 g/mol. The summed E-state index contributed by atoms with van der Waals surface area (Å²) in [6.07, 6.45) is 6.86. The molecule has 0 heterocycles. The SMILES string of the molecule is COc1ccc(COCCC#C[C@]2(O)C[C@H]3C=C[C@]2(C)C[C@H]3[C@H](CO[Si](C)(C)C(C)(C)C)C(C)C)cc1. The molecule has 0 aliphatic heterocycles. The molecule has 1 aromatic carbocycles. The summed E-state index contributed by atoms with van der Waals surface area (Å²) in [7, 11) is -0.141. The van der Waals surface area contributed by atoms with E-state index >= 15 is 0 Å². The molecule has 0 saturated heterocycles. The van der Waals surface area contributed by atoms with Crippen LogP contribution in [0.15, 0.2) is 36.4 Å². The summed E-state index contributed by atoms with van der Waals surface area (Å²) in [5.41, 5.74) is -0.216. The standard InChI is InChI=1S/C32H50O4Si/c1-24(2)29(23-36-37(8,9)30(3,4)5)28-21-31(6)18-16-26(28)20-32(31,33)17-10-11-19-35-22-25-12-14-27(34-7)15-13-25/h12-16,18,24,26,28-29,33H,11,19-23H2,1-9H3/t26-,28-,29-,31-,32+/m1/s1. The Kier molecular flexibility index (Phi) is 9.44. The molecule has 3 aliphatic rings. The molecule has 5 heteroatoms. The van der Waals surface area contributed by atoms with Crippen LogP contribution < -0.4 is 4.74 Å². The highest BCUT2D eigenvalue weighted by molar-refractivity contribution is 6.74. The molecule has 0 aromatic heterocycles. The molecule has 0 unspecified atom stereocenters. The van der Waals surface area contributed by atoms with Crippen molar-refractivity contribution in [2.45, 2.75) is 91.1 Å². The van der Waals surface area contributed by atoms with Crippen molar-refractivity contribution in [1.29, 1.82) is 0 Å². The van der Waals surface area contributed by atoms with Gasteiger partial charge in [-0.05, 0) is 72.3 Å². The van der Waals surface area contributed by atoms with Crippen LogP contribution in [0.25, 0.3) is 0 Å². The van der Waals surface area contributed by atoms with E-state index < -0.39 is 13.9 Å². The lowest BCUT2D eigenvalue weighted by Gasteiger charge is -2.55. The van der Waals surface area contributed by atoms with Gasteiger partial charge in [0.1, 0.15) is 11.4 Å². The van der Waals surface area contributed by atoms with E-state index in [1.807, 2.05) is 24.3 Å². The Hall–Kier alpha value is -1.58. The van der Waals surface area contributed by atoms with Gasteiger partial charge in [0.15, 0.2) is 8.32 Å². The normalized spacial score (nSPS) is 28.2. The van der Waals surface area contributed by atoms with Crippen molar-refractivity contribution in [2.24, 2.45) is 29.1 Å². The number of aliphatic hydroxyl groups is 1. The topological polar surface area (TPSA) is 47.9 Å². The lowest BCUT2D eigenvalue weighted by atomic mass is 9.51. The minimum atomic E-state index is -1.81. The van der Waals surface area contributed by atoms with E-state index in [0.29, 0.717) is 49.7 Å². The lowest BCUT2D eigenvalue weighted by Crippen LogP contribution is -2.56. The highest BCUT2D eigenvalue weighted by atomic mass is 28.4. The largest absolute Gasteiger partial charge is 0.497 e. The van der Waals surface area contributed by atoms with Gasteiger partial charge in [-0.25, -0.2) is 0 Å². The zero-order valence-electron chi connectivity index (χ0n) is 24.7. The van der Waals surface area contributed by atoms with Crippen molar-refractivity contribution in [3.63, 3.8) is 0 Å². The van der Waals surface area contributed by atoms with E-state index in [9.17, 15) is 5.11 Å². The Balaban J connectivity index is 1.58. The Morgan fingerprint density at radius 3 is 2.38 bits per heavy atom. The van der Waals surface area contributed by atoms with E-state index in [-0.39, 0.29) is 10.5 Å². The fourth-order valence-corrected chi connectivity index (χ4v) is 6.57. The molecule has 0 radical (unpaired) electrons. The van der Waals surface area contributed by atoms with Crippen LogP contribution >= 0.6 is 0 Å². The Morgan fingerprint density at radius 2 is 1.81 bits per heavy atom. The predicted molar refractivity (Wildman–Crippen MR) is 155 cm³/mol. The van der Waals surface area contributed by atoms with Gasteiger partial charge < -0.3 is 19.0 Å². The number of benzene rings is 1. The van der Waals surface area contributed by atoms with Gasteiger partial charge in [0.2, 0.25) is 0 Å². The van der Waals surface area contributed by atoms with Crippen molar-refractivity contribution < 1.29 is 19.0 Å². The second kappa shape index (κ2) is 11.7. The molecule has 4 rings (SSSR count). The lowest BCUT2D eigenvalue weighted by molar-refractivity contribution is -0.0929. The summed E-state index contributed by atoms with van der Waals surface area (Å²) in [5, 5.41) is 11.9. The summed E-state index contributed by atoms with van der Waals surface area (Å²) < 4.78 is 17.7. The molecular weight excluding hydrogens is 476 g/mol. The molecule has 3 aliphatic carbocycles. The molecule has 37 heavy (non-hydrogen) atoms. The molecule has 1 aromatic rings. The maximum absolute atomic E-state index is 11.7. The smallest absolute Gasteiger partial charge is 0.191 e. The molecule has 206 valence electrons. The van der Waals surface area contributed by atoms with E-state index in [4.69, 9.17) is 13.9 Å². The van der Waals surface area contributed by atoms with Crippen molar-refractivity contribution >= 4 is 8.32 Å². The zero-order valence-corrected chi connectivity index (χ0v) is 25.7. The number of methoxy groups -OCH3 is 1. The van der Waals surface area contributed by atoms with Crippen LogP contribution in [-0.4, -0.2) is 39.3 Å². The quantitative estimate of drug-likeness (QED) is 0.151. The van der Waals surface area contributed by atoms with Crippen LogP contribution in [0.4, 0.5) is 0 Å². The van der Waals surface area contributed by atoms with Crippen molar-refractivity contribution in [3.05, 3.63) is 42.0 Å². The zero-order chi connectivity index (χ0) is 27.5. The number of ether oxygens (including phenoxy) is 2. The van der Waals surface area contributed by atoms with E-state index in [2.05, 4.69) is 78.6 Å². The first-order chi connectivity index (χ1) is 17.2. The van der Waals surface area contributed by atoms with Crippen LogP contribution in [0.2, 0.25) is 18.1 Å². The summed E-state index contributed by atoms with van der Waals surface area (Å²) in [4.78, 5) is 0. The van der Waals surface area contributed by atoms with Gasteiger partial charge in [0, 0.05) is 18.4 Å². The maximum atomic E-state index is 11.7. The highest BCUT2D eigenvalue weighted by Crippen LogP contribution is 2.57. The fraction of sp³-hybridized carbons (Fsp3) is 0.688. The third kappa shape index (κ3) is 6.90. The van der Waals surface area contributed by atoms with Crippen LogP contribution in [0.5, 0.6) is 5.75 Å². The summed E-state index contributed by atoms with van der Waals surface area (Å²) in [5.74, 6) is 9.23. The average Bonchev–Trinajstić information content (AvgIpc) is 2.82. The monoisotopic (exact) mass is 526 g/mol. The molecule has 0 amide bonds. The molecule has 4 nitrogen and oxygen atoms in total. The first-order valence-electron chi connectivity index (χ1n) is 14.0. The number of hydrogen-bond donors (Lipinski definition) is 1. The highest BCUT2D eigenvalue weighted by Gasteiger charge is 2.56. The second-order valence-corrected chi connectivity index (χ2v) is 18.1. The molecule has 1 N–H and O–H groups in total. The molecule has 5 atom stereocenters. The molecule has 1 fully saturated rings. The third-order valence-corrected chi connectivity index (χ3v) is 13.8. The molecule has 0 spiro atoms. The number of allylic oxidation sites excluding steroid dienone is 1. The number of fused-ring (bicyclic) bond motifs is 2. The summed E-state index contributed by atoms with van der Waals surface area (Å²) in [6.45, 7) is 20.3. The van der Waals surface area contributed by atoms with Gasteiger partial charge in [-0.1, -0.05) is 77.7 Å². The first-order valence-corrected chi connectivity index (χ1v) is 16.9. The molecule has 1 saturated carbocycles. The van der Waals surface area contributed by atoms with Crippen molar-refractivity contribution in [3.8, 4) is 17.6 Å². The van der Waals surface area contributed by atoms with Gasteiger partial charge in [-0.2, -0.15) is 0 Å². The predicted octanol–water partition coefficient (Wildman–Crippen LogP) is 7.23. The maximum Gasteiger partial charge on any atom is 0.191 e. The first kappa shape index (κ1) is 30.0. The fourth-order valence-electron chi connectivity index (χ4n) is 5.53. The Labute approximate surface area is 227 Å². The van der Waals surface area contributed by atoms with Crippen molar-refractivity contribution in [1.82, 2.24) is 0 Å². The molecular formula is C32H50O4Si. The van der Waals surface area contributed by atoms with Gasteiger partial charge in [-0.3, -0.25) is 0 Å². The van der Waals surface area contributed by atoms with Gasteiger partial charge in [0.25, 0.3) is 0 Å². The van der Waals surface area contributed by atoms with Crippen LogP contribution in [0, 0.1) is 40.9 Å². The minimum Gasteiger partial charge on any atom is -0.497 e.